The molecule has 0 heterocycles. The predicted molar refractivity (Wildman–Crippen MR) is 71.5 cm³/mol. The molecule has 0 radical (unpaired) electrons. The average Bonchev–Trinajstić information content (AvgIpc) is 2.31. The molecular formula is C13H19N3O2. The largest absolute Gasteiger partial charge is 0.409 e. The lowest BCUT2D eigenvalue weighted by molar-refractivity contribution is -0.119. The van der Waals surface area contributed by atoms with E-state index < -0.39 is 5.92 Å². The van der Waals surface area contributed by atoms with Crippen LogP contribution in [0, 0.1) is 18.8 Å². The molecule has 0 aliphatic heterocycles. The third-order valence-corrected chi connectivity index (χ3v) is 2.79. The van der Waals surface area contributed by atoms with Crippen molar-refractivity contribution < 1.29 is 10.0 Å². The molecule has 0 spiro atoms. The summed E-state index contributed by atoms with van der Waals surface area (Å²) < 4.78 is 0. The Morgan fingerprint density at radius 2 is 2.00 bits per heavy atom. The molecule has 0 bridgehead atoms. The number of amidine groups is 1. The van der Waals surface area contributed by atoms with Crippen molar-refractivity contribution in [1.82, 2.24) is 0 Å². The number of rotatable bonds is 4. The minimum atomic E-state index is -0.644. The van der Waals surface area contributed by atoms with Gasteiger partial charge in [-0.3, -0.25) is 4.79 Å². The number of carbonyl (C=O) groups excluding carboxylic acids is 1. The molecule has 1 aromatic carbocycles. The van der Waals surface area contributed by atoms with E-state index in [0.29, 0.717) is 0 Å². The third-order valence-electron chi connectivity index (χ3n) is 2.79. The number of hydrogen-bond acceptors (Lipinski definition) is 3. The molecule has 1 unspecified atom stereocenters. The molecule has 5 heteroatoms. The number of hydrogen-bond donors (Lipinski definition) is 3. The number of aryl methyl sites for hydroxylation is 1. The summed E-state index contributed by atoms with van der Waals surface area (Å²) in [5, 5.41) is 14.4. The van der Waals surface area contributed by atoms with Gasteiger partial charge in [0.25, 0.3) is 0 Å². The van der Waals surface area contributed by atoms with Crippen molar-refractivity contribution in [3.05, 3.63) is 29.8 Å². The molecule has 0 saturated carbocycles. The maximum absolute atomic E-state index is 12.1. The number of benzene rings is 1. The van der Waals surface area contributed by atoms with E-state index in [0.717, 1.165) is 11.3 Å². The molecule has 0 aromatic heterocycles. The highest BCUT2D eigenvalue weighted by Crippen LogP contribution is 2.18. The number of amides is 1. The zero-order valence-corrected chi connectivity index (χ0v) is 10.8. The first-order valence-electron chi connectivity index (χ1n) is 5.81. The zero-order chi connectivity index (χ0) is 13.7. The second-order valence-electron chi connectivity index (χ2n) is 4.55. The number of nitrogens with one attached hydrogen (secondary N) is 1. The number of carbonyl (C=O) groups is 1. The van der Waals surface area contributed by atoms with Crippen molar-refractivity contribution in [2.45, 2.75) is 20.8 Å². The molecule has 98 valence electrons. The van der Waals surface area contributed by atoms with E-state index in [9.17, 15) is 4.79 Å². The van der Waals surface area contributed by atoms with Gasteiger partial charge in [-0.05, 0) is 24.5 Å². The normalized spacial score (nSPS) is 13.4. The van der Waals surface area contributed by atoms with E-state index in [1.807, 2.05) is 45.0 Å². The SMILES string of the molecule is Cc1ccccc1NC(=O)C(/C(N)=N/O)C(C)C. The van der Waals surface area contributed by atoms with Crippen molar-refractivity contribution >= 4 is 17.4 Å². The van der Waals surface area contributed by atoms with Gasteiger partial charge in [0.2, 0.25) is 5.91 Å². The fourth-order valence-electron chi connectivity index (χ4n) is 1.76. The van der Waals surface area contributed by atoms with Gasteiger partial charge in [0.05, 0.1) is 0 Å². The highest BCUT2D eigenvalue weighted by atomic mass is 16.4. The van der Waals surface area contributed by atoms with E-state index in [1.54, 1.807) is 0 Å². The third kappa shape index (κ3) is 3.23. The lowest BCUT2D eigenvalue weighted by Gasteiger charge is -2.19. The van der Waals surface area contributed by atoms with Gasteiger partial charge in [-0.25, -0.2) is 0 Å². The number of nitrogens with two attached hydrogens (primary N) is 1. The van der Waals surface area contributed by atoms with Crippen molar-refractivity contribution in [3.8, 4) is 0 Å². The summed E-state index contributed by atoms with van der Waals surface area (Å²) in [7, 11) is 0. The van der Waals surface area contributed by atoms with Crippen LogP contribution in [0.1, 0.15) is 19.4 Å². The van der Waals surface area contributed by atoms with Crippen LogP contribution in [-0.2, 0) is 4.79 Å². The van der Waals surface area contributed by atoms with E-state index >= 15 is 0 Å². The quantitative estimate of drug-likeness (QED) is 0.330. The summed E-state index contributed by atoms with van der Waals surface area (Å²) in [5.41, 5.74) is 7.25. The Morgan fingerprint density at radius 3 is 2.50 bits per heavy atom. The monoisotopic (exact) mass is 249 g/mol. The maximum atomic E-state index is 12.1. The van der Waals surface area contributed by atoms with Crippen molar-refractivity contribution in [2.75, 3.05) is 5.32 Å². The Hall–Kier alpha value is -2.04. The van der Waals surface area contributed by atoms with Gasteiger partial charge < -0.3 is 16.3 Å². The van der Waals surface area contributed by atoms with Crippen molar-refractivity contribution in [2.24, 2.45) is 22.7 Å². The second-order valence-corrected chi connectivity index (χ2v) is 4.55. The lowest BCUT2D eigenvalue weighted by atomic mass is 9.93. The Labute approximate surface area is 107 Å². The van der Waals surface area contributed by atoms with E-state index in [4.69, 9.17) is 10.9 Å². The summed E-state index contributed by atoms with van der Waals surface area (Å²) in [4.78, 5) is 12.1. The van der Waals surface area contributed by atoms with Gasteiger partial charge in [-0.1, -0.05) is 37.2 Å². The fraction of sp³-hybridized carbons (Fsp3) is 0.385. The van der Waals surface area contributed by atoms with Crippen molar-refractivity contribution in [1.29, 1.82) is 0 Å². The van der Waals surface area contributed by atoms with Crippen LogP contribution in [-0.4, -0.2) is 17.0 Å². The van der Waals surface area contributed by atoms with Gasteiger partial charge in [0.1, 0.15) is 5.92 Å². The van der Waals surface area contributed by atoms with Crippen LogP contribution in [0.2, 0.25) is 0 Å². The predicted octanol–water partition coefficient (Wildman–Crippen LogP) is 1.95. The summed E-state index contributed by atoms with van der Waals surface area (Å²) in [6, 6.07) is 7.46. The van der Waals surface area contributed by atoms with Crippen LogP contribution in [0.5, 0.6) is 0 Å². The molecule has 0 fully saturated rings. The Morgan fingerprint density at radius 1 is 1.39 bits per heavy atom. The van der Waals surface area contributed by atoms with Gasteiger partial charge in [0, 0.05) is 5.69 Å². The molecule has 0 saturated heterocycles. The number of oxime groups is 1. The van der Waals surface area contributed by atoms with Gasteiger partial charge in [-0.15, -0.1) is 0 Å². The maximum Gasteiger partial charge on any atom is 0.235 e. The molecule has 5 nitrogen and oxygen atoms in total. The summed E-state index contributed by atoms with van der Waals surface area (Å²) >= 11 is 0. The first kappa shape index (κ1) is 14.0. The van der Waals surface area contributed by atoms with Crippen LogP contribution < -0.4 is 11.1 Å². The van der Waals surface area contributed by atoms with Gasteiger partial charge >= 0.3 is 0 Å². The van der Waals surface area contributed by atoms with Crippen LogP contribution in [0.4, 0.5) is 5.69 Å². The highest BCUT2D eigenvalue weighted by Gasteiger charge is 2.26. The number of nitrogens with zero attached hydrogens (tertiary/aromatic N) is 1. The molecule has 1 atom stereocenters. The van der Waals surface area contributed by atoms with E-state index in [2.05, 4.69) is 10.5 Å². The summed E-state index contributed by atoms with van der Waals surface area (Å²) in [5.74, 6) is -1.04. The molecule has 1 aromatic rings. The highest BCUT2D eigenvalue weighted by molar-refractivity contribution is 6.08. The van der Waals surface area contributed by atoms with Crippen LogP contribution in [0.25, 0.3) is 0 Å². The van der Waals surface area contributed by atoms with E-state index in [1.165, 1.54) is 0 Å². The summed E-state index contributed by atoms with van der Waals surface area (Å²) in [6.07, 6.45) is 0. The van der Waals surface area contributed by atoms with Gasteiger partial charge in [-0.2, -0.15) is 0 Å². The second kappa shape index (κ2) is 6.05. The lowest BCUT2D eigenvalue weighted by Crippen LogP contribution is -2.38. The van der Waals surface area contributed by atoms with Crippen LogP contribution >= 0.6 is 0 Å². The first-order chi connectivity index (χ1) is 8.47. The molecule has 18 heavy (non-hydrogen) atoms. The first-order valence-corrected chi connectivity index (χ1v) is 5.81. The molecule has 0 aliphatic carbocycles. The molecule has 1 amide bonds. The summed E-state index contributed by atoms with van der Waals surface area (Å²) in [6.45, 7) is 5.60. The molecule has 4 N–H and O–H groups in total. The standard InChI is InChI=1S/C13H19N3O2/c1-8(2)11(12(14)16-18)13(17)15-10-7-5-4-6-9(10)3/h4-8,11,18H,1-3H3,(H2,14,16)(H,15,17). The fourth-order valence-corrected chi connectivity index (χ4v) is 1.76. The smallest absolute Gasteiger partial charge is 0.235 e. The number of anilines is 1. The Bertz CT molecular complexity index is 455. The van der Waals surface area contributed by atoms with Crippen LogP contribution in [0.15, 0.2) is 29.4 Å². The minimum Gasteiger partial charge on any atom is -0.409 e. The minimum absolute atomic E-state index is 0.0510. The number of para-hydroxylation sites is 1. The Kier molecular flexibility index (Phi) is 4.71. The van der Waals surface area contributed by atoms with Crippen molar-refractivity contribution in [3.63, 3.8) is 0 Å². The Balaban J connectivity index is 2.90. The average molecular weight is 249 g/mol. The van der Waals surface area contributed by atoms with Crippen LogP contribution in [0.3, 0.4) is 0 Å². The molecule has 0 aliphatic rings. The molecule has 1 rings (SSSR count). The topological polar surface area (TPSA) is 87.7 Å². The zero-order valence-electron chi connectivity index (χ0n) is 10.8. The van der Waals surface area contributed by atoms with E-state index in [-0.39, 0.29) is 17.7 Å². The molecular weight excluding hydrogens is 230 g/mol. The van der Waals surface area contributed by atoms with Gasteiger partial charge in [0.15, 0.2) is 5.84 Å².